The number of nitrogens with zero attached hydrogens (tertiary/aromatic N) is 2. The van der Waals surface area contributed by atoms with Crippen LogP contribution in [0.2, 0.25) is 0 Å². The van der Waals surface area contributed by atoms with Crippen molar-refractivity contribution in [1.29, 1.82) is 0 Å². The van der Waals surface area contributed by atoms with Gasteiger partial charge < -0.3 is 10.1 Å². The van der Waals surface area contributed by atoms with Gasteiger partial charge in [-0.1, -0.05) is 13.8 Å². The molecule has 5 heteroatoms. The number of rotatable bonds is 7. The van der Waals surface area contributed by atoms with Crippen LogP contribution < -0.4 is 5.32 Å². The van der Waals surface area contributed by atoms with Crippen LogP contribution in [0.1, 0.15) is 38.1 Å². The number of hydrogen-bond acceptors (Lipinski definition) is 5. The van der Waals surface area contributed by atoms with Crippen LogP contribution in [-0.4, -0.2) is 36.0 Å². The smallest absolute Gasteiger partial charge is 0.134 e. The Morgan fingerprint density at radius 2 is 2.06 bits per heavy atom. The van der Waals surface area contributed by atoms with E-state index in [0.717, 1.165) is 41.1 Å². The molecular formula is C13H23N3OS. The van der Waals surface area contributed by atoms with Crippen LogP contribution in [0.5, 0.6) is 0 Å². The summed E-state index contributed by atoms with van der Waals surface area (Å²) in [4.78, 5) is 9.23. The molecule has 0 radical (unpaired) electrons. The van der Waals surface area contributed by atoms with Crippen LogP contribution in [0.25, 0.3) is 0 Å². The fraction of sp³-hybridized carbons (Fsp3) is 0.692. The fourth-order valence-corrected chi connectivity index (χ4v) is 2.39. The topological polar surface area (TPSA) is 47.0 Å². The molecule has 0 fully saturated rings. The zero-order chi connectivity index (χ0) is 13.5. The highest BCUT2D eigenvalue weighted by Gasteiger charge is 2.12. The van der Waals surface area contributed by atoms with Gasteiger partial charge in [-0.15, -0.1) is 11.8 Å². The van der Waals surface area contributed by atoms with Crippen molar-refractivity contribution in [3.05, 3.63) is 11.4 Å². The molecule has 1 N–H and O–H groups in total. The van der Waals surface area contributed by atoms with Crippen molar-refractivity contribution >= 4 is 17.6 Å². The first kappa shape index (κ1) is 15.2. The summed E-state index contributed by atoms with van der Waals surface area (Å²) in [5.41, 5.74) is 1.13. The zero-order valence-corrected chi connectivity index (χ0v) is 12.7. The third-order valence-corrected chi connectivity index (χ3v) is 3.55. The lowest BCUT2D eigenvalue weighted by Crippen LogP contribution is -2.09. The number of methoxy groups -OCH3 is 1. The number of nitrogens with one attached hydrogen (secondary N) is 1. The number of hydrogen-bond donors (Lipinski definition) is 1. The maximum absolute atomic E-state index is 5.08. The number of ether oxygens (including phenoxy) is 1. The van der Waals surface area contributed by atoms with E-state index in [1.54, 1.807) is 18.9 Å². The van der Waals surface area contributed by atoms with Gasteiger partial charge in [0.1, 0.15) is 16.7 Å². The van der Waals surface area contributed by atoms with E-state index in [2.05, 4.69) is 43.0 Å². The first-order valence-electron chi connectivity index (χ1n) is 6.34. The van der Waals surface area contributed by atoms with Crippen molar-refractivity contribution in [2.24, 2.45) is 0 Å². The molecule has 0 atom stereocenters. The van der Waals surface area contributed by atoms with Gasteiger partial charge in [0.2, 0.25) is 0 Å². The van der Waals surface area contributed by atoms with Crippen molar-refractivity contribution in [2.75, 3.05) is 31.3 Å². The van der Waals surface area contributed by atoms with Gasteiger partial charge in [-0.25, -0.2) is 9.97 Å². The quantitative estimate of drug-likeness (QED) is 0.468. The standard InChI is InChI=1S/C13H23N3OS/c1-6-14-12-10(4)13(18-8-7-17-5)16-11(15-12)9(2)3/h9H,6-8H2,1-5H3,(H,14,15,16). The molecule has 0 saturated carbocycles. The van der Waals surface area contributed by atoms with Crippen LogP contribution in [0.4, 0.5) is 5.82 Å². The van der Waals surface area contributed by atoms with Gasteiger partial charge in [0.05, 0.1) is 6.61 Å². The molecule has 0 saturated heterocycles. The average Bonchev–Trinajstić information content (AvgIpc) is 2.33. The van der Waals surface area contributed by atoms with E-state index in [0.29, 0.717) is 5.92 Å². The SMILES string of the molecule is CCNc1nc(C(C)C)nc(SCCOC)c1C. The van der Waals surface area contributed by atoms with Gasteiger partial charge >= 0.3 is 0 Å². The highest BCUT2D eigenvalue weighted by Crippen LogP contribution is 2.26. The van der Waals surface area contributed by atoms with Gasteiger partial charge in [0.15, 0.2) is 0 Å². The highest BCUT2D eigenvalue weighted by molar-refractivity contribution is 7.99. The fourth-order valence-electron chi connectivity index (χ4n) is 1.47. The lowest BCUT2D eigenvalue weighted by atomic mass is 10.2. The Morgan fingerprint density at radius 3 is 2.61 bits per heavy atom. The molecule has 0 unspecified atom stereocenters. The van der Waals surface area contributed by atoms with Gasteiger partial charge in [0, 0.05) is 30.9 Å². The minimum Gasteiger partial charge on any atom is -0.384 e. The van der Waals surface area contributed by atoms with Gasteiger partial charge in [0.25, 0.3) is 0 Å². The molecule has 0 aliphatic rings. The summed E-state index contributed by atoms with van der Waals surface area (Å²) in [6.45, 7) is 9.98. The van der Waals surface area contributed by atoms with E-state index in [4.69, 9.17) is 4.74 Å². The van der Waals surface area contributed by atoms with Crippen LogP contribution >= 0.6 is 11.8 Å². The van der Waals surface area contributed by atoms with Gasteiger partial charge in [-0.3, -0.25) is 0 Å². The van der Waals surface area contributed by atoms with E-state index in [-0.39, 0.29) is 0 Å². The van der Waals surface area contributed by atoms with Crippen LogP contribution in [0.15, 0.2) is 5.03 Å². The predicted molar refractivity (Wildman–Crippen MR) is 77.6 cm³/mol. The molecule has 0 bridgehead atoms. The molecule has 1 heterocycles. The average molecular weight is 269 g/mol. The van der Waals surface area contributed by atoms with Crippen LogP contribution in [-0.2, 0) is 4.74 Å². The molecule has 102 valence electrons. The molecule has 0 aromatic carbocycles. The van der Waals surface area contributed by atoms with Gasteiger partial charge in [-0.05, 0) is 13.8 Å². The molecule has 4 nitrogen and oxygen atoms in total. The lowest BCUT2D eigenvalue weighted by Gasteiger charge is -2.14. The second kappa shape index (κ2) is 7.59. The van der Waals surface area contributed by atoms with E-state index >= 15 is 0 Å². The summed E-state index contributed by atoms with van der Waals surface area (Å²) in [7, 11) is 1.72. The molecule has 1 aromatic rings. The summed E-state index contributed by atoms with van der Waals surface area (Å²) < 4.78 is 5.08. The number of anilines is 1. The Hall–Kier alpha value is -0.810. The van der Waals surface area contributed by atoms with Crippen LogP contribution in [0, 0.1) is 6.92 Å². The van der Waals surface area contributed by atoms with E-state index in [1.807, 2.05) is 0 Å². The molecule has 1 aromatic heterocycles. The maximum atomic E-state index is 5.08. The summed E-state index contributed by atoms with van der Waals surface area (Å²) in [5.74, 6) is 3.11. The normalized spacial score (nSPS) is 11.0. The zero-order valence-electron chi connectivity index (χ0n) is 11.9. The number of aromatic nitrogens is 2. The molecule has 0 aliphatic carbocycles. The Kier molecular flexibility index (Phi) is 6.43. The largest absolute Gasteiger partial charge is 0.384 e. The van der Waals surface area contributed by atoms with Gasteiger partial charge in [-0.2, -0.15) is 0 Å². The highest BCUT2D eigenvalue weighted by atomic mass is 32.2. The second-order valence-corrected chi connectivity index (χ2v) is 5.47. The minimum absolute atomic E-state index is 0.338. The van der Waals surface area contributed by atoms with Crippen molar-refractivity contribution in [1.82, 2.24) is 9.97 Å². The summed E-state index contributed by atoms with van der Waals surface area (Å²) >= 11 is 1.73. The third kappa shape index (κ3) is 4.14. The Bertz CT molecular complexity index is 383. The van der Waals surface area contributed by atoms with Crippen molar-refractivity contribution < 1.29 is 4.74 Å². The van der Waals surface area contributed by atoms with E-state index in [1.165, 1.54) is 0 Å². The Labute approximate surface area is 114 Å². The molecule has 1 rings (SSSR count). The Balaban J connectivity index is 2.98. The molecule has 0 spiro atoms. The van der Waals surface area contributed by atoms with Crippen molar-refractivity contribution in [2.45, 2.75) is 38.6 Å². The summed E-state index contributed by atoms with van der Waals surface area (Å²) in [6, 6.07) is 0. The summed E-state index contributed by atoms with van der Waals surface area (Å²) in [5, 5.41) is 4.36. The molecule has 0 aliphatic heterocycles. The number of thioether (sulfide) groups is 1. The maximum Gasteiger partial charge on any atom is 0.134 e. The lowest BCUT2D eigenvalue weighted by molar-refractivity contribution is 0.218. The molecular weight excluding hydrogens is 246 g/mol. The van der Waals surface area contributed by atoms with Crippen molar-refractivity contribution in [3.63, 3.8) is 0 Å². The summed E-state index contributed by atoms with van der Waals surface area (Å²) in [6.07, 6.45) is 0. The minimum atomic E-state index is 0.338. The monoisotopic (exact) mass is 269 g/mol. The van der Waals surface area contributed by atoms with E-state index < -0.39 is 0 Å². The molecule has 18 heavy (non-hydrogen) atoms. The third-order valence-electron chi connectivity index (χ3n) is 2.51. The predicted octanol–water partition coefficient (Wildman–Crippen LogP) is 3.08. The second-order valence-electron chi connectivity index (χ2n) is 4.39. The van der Waals surface area contributed by atoms with Crippen LogP contribution in [0.3, 0.4) is 0 Å². The first-order chi connectivity index (χ1) is 8.60. The van der Waals surface area contributed by atoms with E-state index in [9.17, 15) is 0 Å². The van der Waals surface area contributed by atoms with Crippen molar-refractivity contribution in [3.8, 4) is 0 Å². The Morgan fingerprint density at radius 1 is 1.33 bits per heavy atom. The first-order valence-corrected chi connectivity index (χ1v) is 7.32. The molecule has 0 amide bonds.